The molecule has 0 saturated heterocycles. The molecule has 0 heteroatoms. The van der Waals surface area contributed by atoms with Crippen molar-refractivity contribution in [1.82, 2.24) is 0 Å². The number of hydrogen-bond donors (Lipinski definition) is 0. The van der Waals surface area contributed by atoms with E-state index in [1.54, 1.807) is 6.08 Å². The molecule has 0 amide bonds. The maximum absolute atomic E-state index is 5.05. The Labute approximate surface area is 57.3 Å². The van der Waals surface area contributed by atoms with E-state index in [-0.39, 0.29) is 0 Å². The Balaban J connectivity index is 3.01. The zero-order valence-corrected chi connectivity index (χ0v) is 5.64. The largest absolute Gasteiger partial charge is 0.120 e. The van der Waals surface area contributed by atoms with E-state index < -0.39 is 0 Å². The van der Waals surface area contributed by atoms with Crippen LogP contribution in [0.3, 0.4) is 0 Å². The molecule has 0 radical (unpaired) electrons. The third kappa shape index (κ3) is 7.04. The van der Waals surface area contributed by atoms with E-state index in [1.807, 2.05) is 6.08 Å². The van der Waals surface area contributed by atoms with Gasteiger partial charge in [-0.25, -0.2) is 0 Å². The van der Waals surface area contributed by atoms with Gasteiger partial charge in [-0.1, -0.05) is 24.8 Å². The molecule has 0 N–H and O–H groups in total. The summed E-state index contributed by atoms with van der Waals surface area (Å²) in [5.74, 6) is 2.58. The van der Waals surface area contributed by atoms with E-state index in [1.165, 1.54) is 0 Å². The van der Waals surface area contributed by atoms with Crippen LogP contribution in [-0.2, 0) is 0 Å². The summed E-state index contributed by atoms with van der Waals surface area (Å²) in [6, 6.07) is 0. The highest BCUT2D eigenvalue weighted by Gasteiger charge is 1.76. The summed E-state index contributed by atoms with van der Waals surface area (Å²) >= 11 is 0. The number of allylic oxidation sites excluding steroid dienone is 3. The van der Waals surface area contributed by atoms with Crippen molar-refractivity contribution in [1.29, 1.82) is 0 Å². The van der Waals surface area contributed by atoms with Gasteiger partial charge in [-0.2, -0.15) is 0 Å². The van der Waals surface area contributed by atoms with Crippen LogP contribution >= 0.6 is 0 Å². The molecule has 48 valence electrons. The monoisotopic (exact) mass is 120 g/mol. The van der Waals surface area contributed by atoms with Gasteiger partial charge in [-0.3, -0.25) is 0 Å². The minimum atomic E-state index is 0.876. The molecule has 0 heterocycles. The van der Waals surface area contributed by atoms with Crippen molar-refractivity contribution in [3.05, 3.63) is 24.8 Å². The van der Waals surface area contributed by atoms with Crippen LogP contribution in [-0.4, -0.2) is 0 Å². The summed E-state index contributed by atoms with van der Waals surface area (Å²) in [4.78, 5) is 0. The van der Waals surface area contributed by atoms with Crippen LogP contribution in [0.15, 0.2) is 24.8 Å². The molecule has 0 spiro atoms. The number of rotatable bonds is 4. The molecule has 0 rings (SSSR count). The lowest BCUT2D eigenvalue weighted by molar-refractivity contribution is 0.886. The molecule has 0 aliphatic rings. The first-order valence-electron chi connectivity index (χ1n) is 3.13. The van der Waals surface area contributed by atoms with Crippen LogP contribution in [0.1, 0.15) is 19.3 Å². The molecule has 0 aromatic heterocycles. The Morgan fingerprint density at radius 3 is 2.89 bits per heavy atom. The van der Waals surface area contributed by atoms with Gasteiger partial charge in [0.25, 0.3) is 0 Å². The number of hydrogen-bond acceptors (Lipinski definition) is 0. The Bertz CT molecular complexity index is 123. The molecule has 0 fully saturated rings. The van der Waals surface area contributed by atoms with E-state index in [4.69, 9.17) is 6.42 Å². The van der Waals surface area contributed by atoms with Crippen molar-refractivity contribution in [2.75, 3.05) is 0 Å². The number of terminal acetylenes is 1. The van der Waals surface area contributed by atoms with E-state index in [9.17, 15) is 0 Å². The van der Waals surface area contributed by atoms with Crippen LogP contribution in [0.5, 0.6) is 0 Å². The molecule has 0 aliphatic heterocycles. The Morgan fingerprint density at radius 2 is 2.33 bits per heavy atom. The lowest BCUT2D eigenvalue weighted by Gasteiger charge is -1.84. The van der Waals surface area contributed by atoms with Crippen molar-refractivity contribution in [3.63, 3.8) is 0 Å². The lowest BCUT2D eigenvalue weighted by atomic mass is 10.2. The van der Waals surface area contributed by atoms with Crippen molar-refractivity contribution >= 4 is 0 Å². The van der Waals surface area contributed by atoms with Gasteiger partial charge >= 0.3 is 0 Å². The van der Waals surface area contributed by atoms with Crippen molar-refractivity contribution in [2.24, 2.45) is 0 Å². The molecule has 9 heavy (non-hydrogen) atoms. The van der Waals surface area contributed by atoms with E-state index in [0.717, 1.165) is 19.3 Å². The average Bonchev–Trinajstić information content (AvgIpc) is 1.89. The van der Waals surface area contributed by atoms with Crippen LogP contribution < -0.4 is 0 Å². The zero-order valence-electron chi connectivity index (χ0n) is 5.64. The van der Waals surface area contributed by atoms with Gasteiger partial charge < -0.3 is 0 Å². The van der Waals surface area contributed by atoms with Crippen LogP contribution in [0.2, 0.25) is 0 Å². The predicted molar refractivity (Wildman–Crippen MR) is 42.0 cm³/mol. The quantitative estimate of drug-likeness (QED) is 0.304. The highest BCUT2D eigenvalue weighted by atomic mass is 13.8. The summed E-state index contributed by atoms with van der Waals surface area (Å²) in [7, 11) is 0. The third-order valence-electron chi connectivity index (χ3n) is 0.964. The molecule has 0 atom stereocenters. The number of unbranched alkanes of at least 4 members (excludes halogenated alkanes) is 2. The van der Waals surface area contributed by atoms with Gasteiger partial charge in [0, 0.05) is 6.42 Å². The second-order valence-electron chi connectivity index (χ2n) is 1.76. The summed E-state index contributed by atoms with van der Waals surface area (Å²) in [6.07, 6.45) is 13.9. The molecule has 0 nitrogen and oxygen atoms in total. The van der Waals surface area contributed by atoms with Crippen molar-refractivity contribution in [3.8, 4) is 12.3 Å². The first kappa shape index (κ1) is 8.04. The van der Waals surface area contributed by atoms with Crippen molar-refractivity contribution < 1.29 is 0 Å². The van der Waals surface area contributed by atoms with Gasteiger partial charge in [0.2, 0.25) is 0 Å². The van der Waals surface area contributed by atoms with Gasteiger partial charge in [-0.05, 0) is 12.8 Å². The highest BCUT2D eigenvalue weighted by molar-refractivity contribution is 4.97. The fraction of sp³-hybridized carbons (Fsp3) is 0.333. The molecule has 0 bridgehead atoms. The summed E-state index contributed by atoms with van der Waals surface area (Å²) in [5, 5.41) is 0. The second kappa shape index (κ2) is 7.04. The maximum atomic E-state index is 5.05. The van der Waals surface area contributed by atoms with Crippen LogP contribution in [0.25, 0.3) is 0 Å². The standard InChI is InChI=1S/C9H12/c1-3-5-7-9-8-6-4-2/h1,4,6,8H,2,5,7,9H2/b8-6+. The minimum Gasteiger partial charge on any atom is -0.120 e. The van der Waals surface area contributed by atoms with E-state index in [0.29, 0.717) is 0 Å². The van der Waals surface area contributed by atoms with E-state index >= 15 is 0 Å². The van der Waals surface area contributed by atoms with Gasteiger partial charge in [-0.15, -0.1) is 12.3 Å². The van der Waals surface area contributed by atoms with Crippen LogP contribution in [0.4, 0.5) is 0 Å². The van der Waals surface area contributed by atoms with Gasteiger partial charge in [0.05, 0.1) is 0 Å². The highest BCUT2D eigenvalue weighted by Crippen LogP contribution is 1.94. The van der Waals surface area contributed by atoms with Crippen LogP contribution in [0, 0.1) is 12.3 Å². The molecule has 0 saturated carbocycles. The minimum absolute atomic E-state index is 0.876. The molecule has 0 aromatic rings. The predicted octanol–water partition coefficient (Wildman–Crippen LogP) is 2.53. The average molecular weight is 120 g/mol. The molecular formula is C9H12. The molecular weight excluding hydrogens is 108 g/mol. The molecule has 0 aliphatic carbocycles. The van der Waals surface area contributed by atoms with Gasteiger partial charge in [0.15, 0.2) is 0 Å². The second-order valence-corrected chi connectivity index (χ2v) is 1.76. The summed E-state index contributed by atoms with van der Waals surface area (Å²) in [6.45, 7) is 3.55. The summed E-state index contributed by atoms with van der Waals surface area (Å²) < 4.78 is 0. The molecule has 0 unspecified atom stereocenters. The van der Waals surface area contributed by atoms with Gasteiger partial charge in [0.1, 0.15) is 0 Å². The Kier molecular flexibility index (Phi) is 6.29. The normalized spacial score (nSPS) is 9.22. The topological polar surface area (TPSA) is 0 Å². The maximum Gasteiger partial charge on any atom is 0.00890 e. The lowest BCUT2D eigenvalue weighted by Crippen LogP contribution is -1.66. The fourth-order valence-electron chi connectivity index (χ4n) is 0.514. The fourth-order valence-corrected chi connectivity index (χ4v) is 0.514. The Morgan fingerprint density at radius 1 is 1.56 bits per heavy atom. The zero-order chi connectivity index (χ0) is 6.95. The first-order chi connectivity index (χ1) is 4.41. The first-order valence-corrected chi connectivity index (χ1v) is 3.13. The smallest absolute Gasteiger partial charge is 0.00890 e. The SMILES string of the molecule is C#CCCC/C=C/C=C. The summed E-state index contributed by atoms with van der Waals surface area (Å²) in [5.41, 5.74) is 0. The Hall–Kier alpha value is -0.960. The van der Waals surface area contributed by atoms with E-state index in [2.05, 4.69) is 18.6 Å². The van der Waals surface area contributed by atoms with Crippen molar-refractivity contribution in [2.45, 2.75) is 19.3 Å². The third-order valence-corrected chi connectivity index (χ3v) is 0.964. The molecule has 0 aromatic carbocycles.